The first-order valence-corrected chi connectivity index (χ1v) is 6.55. The highest BCUT2D eigenvalue weighted by molar-refractivity contribution is 5.95. The van der Waals surface area contributed by atoms with E-state index in [9.17, 15) is 14.3 Å². The van der Waals surface area contributed by atoms with E-state index in [1.807, 2.05) is 18.2 Å². The van der Waals surface area contributed by atoms with Crippen LogP contribution in [0.5, 0.6) is 0 Å². The van der Waals surface area contributed by atoms with E-state index in [0.29, 0.717) is 5.56 Å². The minimum absolute atomic E-state index is 0.130. The van der Waals surface area contributed by atoms with Crippen LogP contribution in [-0.4, -0.2) is 17.6 Å². The second kappa shape index (κ2) is 6.37. The fraction of sp³-hybridized carbons (Fsp3) is 0.188. The van der Waals surface area contributed by atoms with Crippen molar-refractivity contribution < 1.29 is 14.3 Å². The first-order valence-electron chi connectivity index (χ1n) is 6.55. The van der Waals surface area contributed by atoms with Crippen LogP contribution >= 0.6 is 0 Å². The van der Waals surface area contributed by atoms with Gasteiger partial charge < -0.3 is 16.2 Å². The maximum absolute atomic E-state index is 13.6. The lowest BCUT2D eigenvalue weighted by molar-refractivity contribution is 0.0916. The topological polar surface area (TPSA) is 75.4 Å². The van der Waals surface area contributed by atoms with Gasteiger partial charge in [0.25, 0.3) is 5.91 Å². The number of benzene rings is 2. The molecule has 2 aromatic rings. The zero-order valence-corrected chi connectivity index (χ0v) is 11.6. The third-order valence-corrected chi connectivity index (χ3v) is 3.34. The third kappa shape index (κ3) is 3.38. The lowest BCUT2D eigenvalue weighted by Gasteiger charge is -2.17. The summed E-state index contributed by atoms with van der Waals surface area (Å²) < 4.78 is 13.6. The Hall–Kier alpha value is -2.40. The summed E-state index contributed by atoms with van der Waals surface area (Å²) in [4.78, 5) is 12.2. The first kappa shape index (κ1) is 15.0. The number of nitrogens with two attached hydrogens (primary N) is 1. The number of hydrogen-bond donors (Lipinski definition) is 3. The van der Waals surface area contributed by atoms with Crippen molar-refractivity contribution in [1.82, 2.24) is 5.32 Å². The molecule has 1 atom stereocenters. The lowest BCUT2D eigenvalue weighted by atomic mass is 10.1. The Morgan fingerprint density at radius 1 is 1.33 bits per heavy atom. The molecule has 0 bridgehead atoms. The Balaban J connectivity index is 2.21. The highest BCUT2D eigenvalue weighted by Gasteiger charge is 2.16. The van der Waals surface area contributed by atoms with E-state index in [4.69, 9.17) is 5.73 Å². The molecule has 0 saturated carbocycles. The van der Waals surface area contributed by atoms with Gasteiger partial charge in [0.1, 0.15) is 5.82 Å². The molecule has 2 rings (SSSR count). The number of aliphatic hydroxyl groups excluding tert-OH is 1. The van der Waals surface area contributed by atoms with Crippen LogP contribution in [0.4, 0.5) is 10.1 Å². The van der Waals surface area contributed by atoms with Crippen LogP contribution in [0.2, 0.25) is 0 Å². The van der Waals surface area contributed by atoms with Gasteiger partial charge in [-0.05, 0) is 24.6 Å². The summed E-state index contributed by atoms with van der Waals surface area (Å²) in [7, 11) is 0. The van der Waals surface area contributed by atoms with E-state index >= 15 is 0 Å². The zero-order valence-electron chi connectivity index (χ0n) is 11.6. The molecule has 21 heavy (non-hydrogen) atoms. The van der Waals surface area contributed by atoms with Crippen molar-refractivity contribution in [3.05, 3.63) is 65.0 Å². The summed E-state index contributed by atoms with van der Waals surface area (Å²) in [5, 5.41) is 12.1. The predicted molar refractivity (Wildman–Crippen MR) is 79.3 cm³/mol. The summed E-state index contributed by atoms with van der Waals surface area (Å²) in [6.45, 7) is 1.30. The van der Waals surface area contributed by atoms with Crippen molar-refractivity contribution in [2.24, 2.45) is 0 Å². The van der Waals surface area contributed by atoms with Crippen molar-refractivity contribution in [2.45, 2.75) is 13.0 Å². The maximum atomic E-state index is 13.6. The van der Waals surface area contributed by atoms with Gasteiger partial charge >= 0.3 is 0 Å². The number of aliphatic hydroxyl groups is 1. The third-order valence-electron chi connectivity index (χ3n) is 3.34. The van der Waals surface area contributed by atoms with E-state index in [2.05, 4.69) is 5.32 Å². The van der Waals surface area contributed by atoms with E-state index in [0.717, 1.165) is 11.6 Å². The standard InChI is InChI=1S/C16H17FN2O2/c1-10-13(17)7-12(8-14(10)18)16(21)19-15(9-20)11-5-3-2-4-6-11/h2-8,15,20H,9,18H2,1H3,(H,19,21)/t15-/m1/s1. The Labute approximate surface area is 122 Å². The summed E-state index contributed by atoms with van der Waals surface area (Å²) in [6, 6.07) is 11.1. The quantitative estimate of drug-likeness (QED) is 0.755. The van der Waals surface area contributed by atoms with Crippen molar-refractivity contribution in [3.8, 4) is 0 Å². The number of anilines is 1. The molecule has 110 valence electrons. The molecule has 4 nitrogen and oxygen atoms in total. The Kier molecular flexibility index (Phi) is 4.55. The molecule has 5 heteroatoms. The van der Waals surface area contributed by atoms with Gasteiger partial charge in [-0.3, -0.25) is 4.79 Å². The molecule has 0 spiro atoms. The largest absolute Gasteiger partial charge is 0.398 e. The number of amides is 1. The molecule has 0 heterocycles. The van der Waals surface area contributed by atoms with Crippen molar-refractivity contribution >= 4 is 11.6 Å². The van der Waals surface area contributed by atoms with Crippen molar-refractivity contribution in [1.29, 1.82) is 0 Å². The normalized spacial score (nSPS) is 12.0. The highest BCUT2D eigenvalue weighted by atomic mass is 19.1. The number of carbonyl (C=O) groups excluding carboxylic acids is 1. The molecule has 0 aromatic heterocycles. The van der Waals surface area contributed by atoms with Gasteiger partial charge in [0.15, 0.2) is 0 Å². The maximum Gasteiger partial charge on any atom is 0.252 e. The number of rotatable bonds is 4. The van der Waals surface area contributed by atoms with E-state index < -0.39 is 17.8 Å². The highest BCUT2D eigenvalue weighted by Crippen LogP contribution is 2.19. The summed E-state index contributed by atoms with van der Waals surface area (Å²) in [5.41, 5.74) is 7.10. The molecule has 4 N–H and O–H groups in total. The molecule has 0 fully saturated rings. The number of nitrogen functional groups attached to an aromatic ring is 1. The molecule has 0 radical (unpaired) electrons. The molecular weight excluding hydrogens is 271 g/mol. The molecule has 2 aromatic carbocycles. The van der Waals surface area contributed by atoms with Gasteiger partial charge in [-0.1, -0.05) is 30.3 Å². The van der Waals surface area contributed by atoms with Crippen LogP contribution in [0.1, 0.15) is 27.5 Å². The first-order chi connectivity index (χ1) is 10.0. The van der Waals surface area contributed by atoms with E-state index in [1.165, 1.54) is 6.07 Å². The summed E-state index contributed by atoms with van der Waals surface area (Å²) in [5.74, 6) is -1.01. The Bertz CT molecular complexity index is 621. The second-order valence-electron chi connectivity index (χ2n) is 4.79. The smallest absolute Gasteiger partial charge is 0.252 e. The van der Waals surface area contributed by atoms with Gasteiger partial charge in [0.2, 0.25) is 0 Å². The van der Waals surface area contributed by atoms with Crippen LogP contribution in [0.25, 0.3) is 0 Å². The monoisotopic (exact) mass is 288 g/mol. The van der Waals surface area contributed by atoms with Gasteiger partial charge in [-0.2, -0.15) is 0 Å². The van der Waals surface area contributed by atoms with Crippen LogP contribution in [0.15, 0.2) is 42.5 Å². The number of nitrogens with one attached hydrogen (secondary N) is 1. The fourth-order valence-corrected chi connectivity index (χ4v) is 1.99. The number of carbonyl (C=O) groups is 1. The van der Waals surface area contributed by atoms with Crippen LogP contribution in [0.3, 0.4) is 0 Å². The minimum atomic E-state index is -0.552. The molecule has 1 amide bonds. The van der Waals surface area contributed by atoms with Crippen molar-refractivity contribution in [3.63, 3.8) is 0 Å². The minimum Gasteiger partial charge on any atom is -0.398 e. The molecule has 0 saturated heterocycles. The predicted octanol–water partition coefficient (Wildman–Crippen LogP) is 2.18. The van der Waals surface area contributed by atoms with Crippen LogP contribution in [0, 0.1) is 12.7 Å². The van der Waals surface area contributed by atoms with Gasteiger partial charge in [0, 0.05) is 16.8 Å². The van der Waals surface area contributed by atoms with Crippen molar-refractivity contribution in [2.75, 3.05) is 12.3 Å². The second-order valence-corrected chi connectivity index (χ2v) is 4.79. The molecule has 0 aliphatic heterocycles. The average Bonchev–Trinajstić information content (AvgIpc) is 2.50. The van der Waals surface area contributed by atoms with Crippen LogP contribution in [-0.2, 0) is 0 Å². The SMILES string of the molecule is Cc1c(N)cc(C(=O)N[C@H](CO)c2ccccc2)cc1F. The zero-order chi connectivity index (χ0) is 15.4. The summed E-state index contributed by atoms with van der Waals surface area (Å²) in [6.07, 6.45) is 0. The van der Waals surface area contributed by atoms with E-state index in [1.54, 1.807) is 19.1 Å². The number of halogens is 1. The Morgan fingerprint density at radius 2 is 2.00 bits per heavy atom. The Morgan fingerprint density at radius 3 is 2.57 bits per heavy atom. The van der Waals surface area contributed by atoms with E-state index in [-0.39, 0.29) is 17.9 Å². The van der Waals surface area contributed by atoms with Gasteiger partial charge in [-0.25, -0.2) is 4.39 Å². The summed E-state index contributed by atoms with van der Waals surface area (Å²) >= 11 is 0. The van der Waals surface area contributed by atoms with Gasteiger partial charge in [0.05, 0.1) is 12.6 Å². The fourth-order valence-electron chi connectivity index (χ4n) is 1.99. The average molecular weight is 288 g/mol. The molecular formula is C16H17FN2O2. The molecule has 0 unspecified atom stereocenters. The number of hydrogen-bond acceptors (Lipinski definition) is 3. The lowest BCUT2D eigenvalue weighted by Crippen LogP contribution is -2.31. The van der Waals surface area contributed by atoms with Crippen LogP contribution < -0.4 is 11.1 Å². The molecule has 0 aliphatic carbocycles. The molecule has 0 aliphatic rings. The van der Waals surface area contributed by atoms with Gasteiger partial charge in [-0.15, -0.1) is 0 Å².